The average molecular weight is 235 g/mol. The summed E-state index contributed by atoms with van der Waals surface area (Å²) in [6, 6.07) is 7.07. The van der Waals surface area contributed by atoms with Gasteiger partial charge in [-0.25, -0.2) is 0 Å². The topological polar surface area (TPSA) is 46.2 Å². The van der Waals surface area contributed by atoms with E-state index in [1.807, 2.05) is 25.1 Å². The molecule has 2 rings (SSSR count). The third-order valence-electron chi connectivity index (χ3n) is 2.63. The summed E-state index contributed by atoms with van der Waals surface area (Å²) in [6.45, 7) is 1.89. The molecule has 1 N–H and O–H groups in total. The highest BCUT2D eigenvalue weighted by molar-refractivity contribution is 8.14. The van der Waals surface area contributed by atoms with Gasteiger partial charge >= 0.3 is 0 Å². The van der Waals surface area contributed by atoms with Crippen LogP contribution in [0.25, 0.3) is 0 Å². The van der Waals surface area contributed by atoms with Crippen LogP contribution < -0.4 is 5.32 Å². The van der Waals surface area contributed by atoms with Crippen LogP contribution in [0.2, 0.25) is 0 Å². The van der Waals surface area contributed by atoms with Gasteiger partial charge in [-0.1, -0.05) is 30.0 Å². The van der Waals surface area contributed by atoms with E-state index in [4.69, 9.17) is 0 Å². The molecule has 1 aliphatic heterocycles. The van der Waals surface area contributed by atoms with Gasteiger partial charge in [0, 0.05) is 11.3 Å². The van der Waals surface area contributed by atoms with Crippen LogP contribution in [0.5, 0.6) is 0 Å². The maximum absolute atomic E-state index is 11.9. The molecule has 4 heteroatoms. The van der Waals surface area contributed by atoms with Crippen molar-refractivity contribution in [3.63, 3.8) is 0 Å². The van der Waals surface area contributed by atoms with E-state index in [9.17, 15) is 9.59 Å². The number of amides is 1. The molecule has 3 nitrogen and oxygen atoms in total. The molecule has 1 atom stereocenters. The molecule has 0 aliphatic carbocycles. The van der Waals surface area contributed by atoms with Crippen LogP contribution in [0.1, 0.15) is 22.3 Å². The smallest absolute Gasteiger partial charge is 0.252 e. The molecule has 0 bridgehead atoms. The molecule has 0 radical (unpaired) electrons. The van der Waals surface area contributed by atoms with Crippen LogP contribution in [0.4, 0.5) is 0 Å². The second kappa shape index (κ2) is 4.70. The molecule has 84 valence electrons. The summed E-state index contributed by atoms with van der Waals surface area (Å²) < 4.78 is 0. The molecule has 0 aromatic heterocycles. The van der Waals surface area contributed by atoms with Crippen LogP contribution >= 0.6 is 11.8 Å². The molecule has 0 spiro atoms. The molecular formula is C12H13NO2S. The van der Waals surface area contributed by atoms with E-state index in [1.54, 1.807) is 6.07 Å². The van der Waals surface area contributed by atoms with Crippen LogP contribution in [0.3, 0.4) is 0 Å². The summed E-state index contributed by atoms with van der Waals surface area (Å²) in [4.78, 5) is 23.3. The number of thioether (sulfide) groups is 1. The number of hydrogen-bond acceptors (Lipinski definition) is 3. The highest BCUT2D eigenvalue weighted by Crippen LogP contribution is 2.20. The highest BCUT2D eigenvalue weighted by atomic mass is 32.2. The summed E-state index contributed by atoms with van der Waals surface area (Å²) in [7, 11) is 0. The van der Waals surface area contributed by atoms with Crippen molar-refractivity contribution in [3.05, 3.63) is 35.4 Å². The SMILES string of the molecule is Cc1ccccc1C(=O)N[C@H]1CCSC1=O. The Bertz CT molecular complexity index is 431. The second-order valence-electron chi connectivity index (χ2n) is 3.80. The molecule has 1 fully saturated rings. The number of hydrogen-bond donors (Lipinski definition) is 1. The maximum Gasteiger partial charge on any atom is 0.252 e. The summed E-state index contributed by atoms with van der Waals surface area (Å²) in [5.41, 5.74) is 1.57. The lowest BCUT2D eigenvalue weighted by Crippen LogP contribution is -2.37. The summed E-state index contributed by atoms with van der Waals surface area (Å²) in [5, 5.41) is 2.85. The average Bonchev–Trinajstić information content (AvgIpc) is 2.65. The maximum atomic E-state index is 11.9. The van der Waals surface area contributed by atoms with Crippen LogP contribution in [-0.2, 0) is 4.79 Å². The Morgan fingerprint density at radius 3 is 2.81 bits per heavy atom. The third kappa shape index (κ3) is 2.27. The van der Waals surface area contributed by atoms with E-state index in [2.05, 4.69) is 5.32 Å². The van der Waals surface area contributed by atoms with Gasteiger partial charge in [-0.15, -0.1) is 0 Å². The fourth-order valence-electron chi connectivity index (χ4n) is 1.69. The van der Waals surface area contributed by atoms with Crippen molar-refractivity contribution in [2.75, 3.05) is 5.75 Å². The largest absolute Gasteiger partial charge is 0.341 e. The molecule has 0 unspecified atom stereocenters. The molecule has 1 aromatic carbocycles. The van der Waals surface area contributed by atoms with Gasteiger partial charge in [0.15, 0.2) is 0 Å². The van der Waals surface area contributed by atoms with Crippen LogP contribution in [-0.4, -0.2) is 22.8 Å². The van der Waals surface area contributed by atoms with E-state index >= 15 is 0 Å². The Hall–Kier alpha value is -1.29. The minimum atomic E-state index is -0.308. The second-order valence-corrected chi connectivity index (χ2v) is 4.90. The Kier molecular flexibility index (Phi) is 3.29. The van der Waals surface area contributed by atoms with E-state index in [1.165, 1.54) is 11.8 Å². The molecule has 1 saturated heterocycles. The number of carbonyl (C=O) groups excluding carboxylic acids is 2. The highest BCUT2D eigenvalue weighted by Gasteiger charge is 2.27. The molecule has 1 heterocycles. The van der Waals surface area contributed by atoms with Crippen molar-refractivity contribution in [3.8, 4) is 0 Å². The van der Waals surface area contributed by atoms with Crippen molar-refractivity contribution in [1.29, 1.82) is 0 Å². The van der Waals surface area contributed by atoms with E-state index in [-0.39, 0.29) is 17.1 Å². The molecule has 1 amide bonds. The normalized spacial score (nSPS) is 19.8. The first-order valence-electron chi connectivity index (χ1n) is 5.21. The van der Waals surface area contributed by atoms with Gasteiger partial charge in [-0.05, 0) is 25.0 Å². The van der Waals surface area contributed by atoms with E-state index < -0.39 is 0 Å². The minimum absolute atomic E-state index is 0.0712. The van der Waals surface area contributed by atoms with Gasteiger partial charge in [0.2, 0.25) is 5.12 Å². The zero-order valence-electron chi connectivity index (χ0n) is 9.03. The van der Waals surface area contributed by atoms with E-state index in [0.29, 0.717) is 5.56 Å². The van der Waals surface area contributed by atoms with Gasteiger partial charge in [-0.3, -0.25) is 9.59 Å². The zero-order valence-corrected chi connectivity index (χ0v) is 9.84. The van der Waals surface area contributed by atoms with Crippen molar-refractivity contribution >= 4 is 22.8 Å². The fourth-order valence-corrected chi connectivity index (χ4v) is 2.62. The molecule has 1 aromatic rings. The minimum Gasteiger partial charge on any atom is -0.341 e. The van der Waals surface area contributed by atoms with Gasteiger partial charge in [0.25, 0.3) is 5.91 Å². The predicted octanol–water partition coefficient (Wildman–Crippen LogP) is 1.76. The summed E-state index contributed by atoms with van der Waals surface area (Å²) in [5.74, 6) is 0.649. The fraction of sp³-hybridized carbons (Fsp3) is 0.333. The molecular weight excluding hydrogens is 222 g/mol. The zero-order chi connectivity index (χ0) is 11.5. The summed E-state index contributed by atoms with van der Waals surface area (Å²) in [6.07, 6.45) is 0.737. The lowest BCUT2D eigenvalue weighted by molar-refractivity contribution is -0.112. The number of benzene rings is 1. The quantitative estimate of drug-likeness (QED) is 0.849. The van der Waals surface area contributed by atoms with Gasteiger partial charge in [0.1, 0.15) is 0 Å². The molecule has 1 aliphatic rings. The Morgan fingerprint density at radius 2 is 2.19 bits per heavy atom. The first kappa shape index (κ1) is 11.2. The lowest BCUT2D eigenvalue weighted by Gasteiger charge is -2.11. The predicted molar refractivity (Wildman–Crippen MR) is 64.5 cm³/mol. The lowest BCUT2D eigenvalue weighted by atomic mass is 10.1. The number of rotatable bonds is 2. The molecule has 0 saturated carbocycles. The van der Waals surface area contributed by atoms with Gasteiger partial charge in [-0.2, -0.15) is 0 Å². The first-order chi connectivity index (χ1) is 7.68. The monoisotopic (exact) mass is 235 g/mol. The van der Waals surface area contributed by atoms with Crippen LogP contribution in [0.15, 0.2) is 24.3 Å². The first-order valence-corrected chi connectivity index (χ1v) is 6.20. The third-order valence-corrected chi connectivity index (χ3v) is 3.64. The number of aryl methyl sites for hydroxylation is 1. The number of carbonyl (C=O) groups is 2. The Balaban J connectivity index is 2.09. The van der Waals surface area contributed by atoms with Gasteiger partial charge < -0.3 is 5.32 Å². The Morgan fingerprint density at radius 1 is 1.44 bits per heavy atom. The summed E-state index contributed by atoms with van der Waals surface area (Å²) >= 11 is 1.29. The van der Waals surface area contributed by atoms with Crippen molar-refractivity contribution < 1.29 is 9.59 Å². The van der Waals surface area contributed by atoms with Crippen molar-refractivity contribution in [2.45, 2.75) is 19.4 Å². The van der Waals surface area contributed by atoms with Crippen LogP contribution in [0, 0.1) is 6.92 Å². The Labute approximate surface area is 98.6 Å². The number of nitrogens with one attached hydrogen (secondary N) is 1. The van der Waals surface area contributed by atoms with Crippen molar-refractivity contribution in [2.24, 2.45) is 0 Å². The van der Waals surface area contributed by atoms with Crippen molar-refractivity contribution in [1.82, 2.24) is 5.32 Å². The molecule has 16 heavy (non-hydrogen) atoms. The van der Waals surface area contributed by atoms with Gasteiger partial charge in [0.05, 0.1) is 6.04 Å². The standard InChI is InChI=1S/C12H13NO2S/c1-8-4-2-3-5-9(8)11(14)13-10-6-7-16-12(10)15/h2-5,10H,6-7H2,1H3,(H,13,14)/t10-/m0/s1. The van der Waals surface area contributed by atoms with E-state index in [0.717, 1.165) is 17.7 Å².